The number of pyridine rings is 1. The fraction of sp³-hybridized carbons (Fsp3) is 0.250. The van der Waals surface area contributed by atoms with Crippen LogP contribution in [-0.2, 0) is 6.54 Å². The van der Waals surface area contributed by atoms with Crippen molar-refractivity contribution in [3.63, 3.8) is 0 Å². The second-order valence-corrected chi connectivity index (χ2v) is 4.00. The Morgan fingerprint density at radius 2 is 2.22 bits per heavy atom. The van der Waals surface area contributed by atoms with Gasteiger partial charge in [0.1, 0.15) is 11.5 Å². The van der Waals surface area contributed by atoms with E-state index in [1.165, 1.54) is 6.07 Å². The molecule has 2 aromatic heterocycles. The van der Waals surface area contributed by atoms with Crippen molar-refractivity contribution < 1.29 is 9.34 Å². The summed E-state index contributed by atoms with van der Waals surface area (Å²) in [6.45, 7) is 3.97. The van der Waals surface area contributed by atoms with E-state index in [-0.39, 0.29) is 11.5 Å². The van der Waals surface area contributed by atoms with Gasteiger partial charge >= 0.3 is 5.69 Å². The van der Waals surface area contributed by atoms with Gasteiger partial charge in [0.2, 0.25) is 5.82 Å². The zero-order valence-corrected chi connectivity index (χ0v) is 10.1. The minimum atomic E-state index is -0.449. The van der Waals surface area contributed by atoms with E-state index in [0.29, 0.717) is 12.3 Å². The van der Waals surface area contributed by atoms with Gasteiger partial charge in [0.05, 0.1) is 11.5 Å². The Morgan fingerprint density at radius 3 is 2.83 bits per heavy atom. The average molecular weight is 247 g/mol. The van der Waals surface area contributed by atoms with Crippen molar-refractivity contribution in [2.24, 2.45) is 0 Å². The van der Waals surface area contributed by atoms with Crippen LogP contribution >= 0.6 is 0 Å². The first kappa shape index (κ1) is 12.1. The van der Waals surface area contributed by atoms with Gasteiger partial charge in [-0.2, -0.15) is 0 Å². The van der Waals surface area contributed by atoms with Crippen LogP contribution in [0, 0.1) is 24.0 Å². The van der Waals surface area contributed by atoms with E-state index in [1.807, 2.05) is 19.1 Å². The van der Waals surface area contributed by atoms with E-state index in [9.17, 15) is 10.1 Å². The summed E-state index contributed by atoms with van der Waals surface area (Å²) in [6, 6.07) is 5.15. The number of anilines is 1. The predicted octanol–water partition coefficient (Wildman–Crippen LogP) is 2.81. The van der Waals surface area contributed by atoms with Crippen molar-refractivity contribution in [3.8, 4) is 0 Å². The summed E-state index contributed by atoms with van der Waals surface area (Å²) in [5.74, 6) is 1.77. The Hall–Kier alpha value is -2.37. The molecule has 1 N–H and O–H groups in total. The quantitative estimate of drug-likeness (QED) is 0.663. The number of furan rings is 1. The molecule has 2 heterocycles. The fourth-order valence-corrected chi connectivity index (χ4v) is 1.58. The van der Waals surface area contributed by atoms with Crippen LogP contribution in [0.3, 0.4) is 0 Å². The van der Waals surface area contributed by atoms with Gasteiger partial charge in [-0.15, -0.1) is 0 Å². The number of nitrogens with zero attached hydrogens (tertiary/aromatic N) is 2. The lowest BCUT2D eigenvalue weighted by molar-refractivity contribution is -0.384. The first-order valence-corrected chi connectivity index (χ1v) is 5.46. The number of hydrogen-bond acceptors (Lipinski definition) is 5. The van der Waals surface area contributed by atoms with Crippen molar-refractivity contribution >= 4 is 11.5 Å². The third kappa shape index (κ3) is 2.65. The van der Waals surface area contributed by atoms with Crippen molar-refractivity contribution in [3.05, 3.63) is 51.6 Å². The maximum absolute atomic E-state index is 10.9. The topological polar surface area (TPSA) is 81.2 Å². The molecular weight excluding hydrogens is 234 g/mol. The van der Waals surface area contributed by atoms with Crippen LogP contribution in [0.25, 0.3) is 0 Å². The van der Waals surface area contributed by atoms with Crippen LogP contribution in [-0.4, -0.2) is 9.91 Å². The average Bonchev–Trinajstić information content (AvgIpc) is 2.73. The molecule has 0 radical (unpaired) electrons. The normalized spacial score (nSPS) is 10.3. The third-order valence-electron chi connectivity index (χ3n) is 2.43. The third-order valence-corrected chi connectivity index (χ3v) is 2.43. The van der Waals surface area contributed by atoms with E-state index >= 15 is 0 Å². The molecule has 18 heavy (non-hydrogen) atoms. The van der Waals surface area contributed by atoms with Crippen LogP contribution in [0.15, 0.2) is 28.8 Å². The molecule has 0 amide bonds. The van der Waals surface area contributed by atoms with Gasteiger partial charge in [0.25, 0.3) is 0 Å². The number of rotatable bonds is 4. The molecule has 0 saturated heterocycles. The lowest BCUT2D eigenvalue weighted by atomic mass is 10.3. The second-order valence-electron chi connectivity index (χ2n) is 4.00. The van der Waals surface area contributed by atoms with E-state index in [1.54, 1.807) is 13.1 Å². The standard InChI is InChI=1S/C12H13N3O3/c1-8-5-11(15(16)17)12(13-6-8)14-7-10-4-3-9(2)18-10/h3-6H,7H2,1-2H3,(H,13,14). The summed E-state index contributed by atoms with van der Waals surface area (Å²) >= 11 is 0. The lowest BCUT2D eigenvalue weighted by Crippen LogP contribution is -2.04. The molecular formula is C12H13N3O3. The molecule has 6 heteroatoms. The molecule has 0 unspecified atom stereocenters. The van der Waals surface area contributed by atoms with E-state index < -0.39 is 4.92 Å². The highest BCUT2D eigenvalue weighted by atomic mass is 16.6. The fourth-order valence-electron chi connectivity index (χ4n) is 1.58. The van der Waals surface area contributed by atoms with E-state index in [4.69, 9.17) is 4.42 Å². The smallest absolute Gasteiger partial charge is 0.311 e. The molecule has 2 aromatic rings. The summed E-state index contributed by atoms with van der Waals surface area (Å²) in [5.41, 5.74) is 0.722. The molecule has 0 aliphatic heterocycles. The maximum atomic E-state index is 10.9. The lowest BCUT2D eigenvalue weighted by Gasteiger charge is -2.04. The van der Waals surface area contributed by atoms with E-state index in [0.717, 1.165) is 11.3 Å². The first-order valence-electron chi connectivity index (χ1n) is 5.46. The van der Waals surface area contributed by atoms with Gasteiger partial charge in [-0.1, -0.05) is 0 Å². The summed E-state index contributed by atoms with van der Waals surface area (Å²) in [4.78, 5) is 14.5. The molecule has 0 atom stereocenters. The molecule has 0 bridgehead atoms. The zero-order chi connectivity index (χ0) is 13.1. The Kier molecular flexibility index (Phi) is 3.27. The predicted molar refractivity (Wildman–Crippen MR) is 66.4 cm³/mol. The Labute approximate surface area is 104 Å². The van der Waals surface area contributed by atoms with Crippen molar-refractivity contribution in [2.75, 3.05) is 5.32 Å². The van der Waals surface area contributed by atoms with Crippen molar-refractivity contribution in [1.82, 2.24) is 4.98 Å². The number of nitro groups is 1. The van der Waals surface area contributed by atoms with Gasteiger partial charge in [0.15, 0.2) is 0 Å². The highest BCUT2D eigenvalue weighted by Gasteiger charge is 2.15. The van der Waals surface area contributed by atoms with Gasteiger partial charge in [-0.25, -0.2) is 4.98 Å². The SMILES string of the molecule is Cc1cnc(NCc2ccc(C)o2)c([N+](=O)[O-])c1. The molecule has 94 valence electrons. The summed E-state index contributed by atoms with van der Waals surface area (Å²) in [7, 11) is 0. The minimum absolute atomic E-state index is 0.0294. The van der Waals surface area contributed by atoms with Crippen LogP contribution in [0.4, 0.5) is 11.5 Å². The summed E-state index contributed by atoms with van der Waals surface area (Å²) in [6.07, 6.45) is 1.59. The molecule has 0 aliphatic carbocycles. The van der Waals surface area contributed by atoms with Gasteiger partial charge < -0.3 is 9.73 Å². The molecule has 0 fully saturated rings. The van der Waals surface area contributed by atoms with Crippen LogP contribution in [0.2, 0.25) is 0 Å². The summed E-state index contributed by atoms with van der Waals surface area (Å²) < 4.78 is 5.37. The van der Waals surface area contributed by atoms with Gasteiger partial charge in [0, 0.05) is 12.3 Å². The first-order chi connectivity index (χ1) is 8.56. The molecule has 0 aromatic carbocycles. The molecule has 6 nitrogen and oxygen atoms in total. The highest BCUT2D eigenvalue weighted by Crippen LogP contribution is 2.23. The van der Waals surface area contributed by atoms with Crippen molar-refractivity contribution in [1.29, 1.82) is 0 Å². The summed E-state index contributed by atoms with van der Waals surface area (Å²) in [5, 5.41) is 13.8. The largest absolute Gasteiger partial charge is 0.465 e. The van der Waals surface area contributed by atoms with Crippen LogP contribution < -0.4 is 5.32 Å². The molecule has 0 aliphatic rings. The van der Waals surface area contributed by atoms with E-state index in [2.05, 4.69) is 10.3 Å². The van der Waals surface area contributed by atoms with Crippen molar-refractivity contribution in [2.45, 2.75) is 20.4 Å². The highest BCUT2D eigenvalue weighted by molar-refractivity contribution is 5.56. The zero-order valence-electron chi connectivity index (χ0n) is 10.1. The monoisotopic (exact) mass is 247 g/mol. The van der Waals surface area contributed by atoms with Crippen LogP contribution in [0.5, 0.6) is 0 Å². The Balaban J connectivity index is 2.16. The maximum Gasteiger partial charge on any atom is 0.311 e. The molecule has 2 rings (SSSR count). The number of hydrogen-bond donors (Lipinski definition) is 1. The van der Waals surface area contributed by atoms with Gasteiger partial charge in [-0.3, -0.25) is 10.1 Å². The second kappa shape index (κ2) is 4.87. The minimum Gasteiger partial charge on any atom is -0.465 e. The number of aromatic nitrogens is 1. The Bertz CT molecular complexity index is 578. The van der Waals surface area contributed by atoms with Gasteiger partial charge in [-0.05, 0) is 31.5 Å². The van der Waals surface area contributed by atoms with Crippen LogP contribution in [0.1, 0.15) is 17.1 Å². The number of aryl methyl sites for hydroxylation is 2. The molecule has 0 saturated carbocycles. The number of nitrogens with one attached hydrogen (secondary N) is 1. The Morgan fingerprint density at radius 1 is 1.44 bits per heavy atom. The molecule has 0 spiro atoms.